The molecule has 0 unspecified atom stereocenters. The first-order valence-corrected chi connectivity index (χ1v) is 9.53. The summed E-state index contributed by atoms with van der Waals surface area (Å²) >= 11 is 0. The van der Waals surface area contributed by atoms with E-state index in [9.17, 15) is 4.79 Å². The van der Waals surface area contributed by atoms with Crippen LogP contribution < -0.4 is 20.1 Å². The molecule has 3 aromatic rings. The van der Waals surface area contributed by atoms with Gasteiger partial charge in [-0.25, -0.2) is 4.79 Å². The molecule has 1 heterocycles. The number of carbonyl (C=O) groups is 1. The lowest BCUT2D eigenvalue weighted by molar-refractivity contribution is 0.251. The van der Waals surface area contributed by atoms with E-state index >= 15 is 0 Å². The lowest BCUT2D eigenvalue weighted by Gasteiger charge is -2.13. The van der Waals surface area contributed by atoms with Gasteiger partial charge in [-0.05, 0) is 55.3 Å². The Morgan fingerprint density at radius 2 is 1.86 bits per heavy atom. The molecule has 6 nitrogen and oxygen atoms in total. The number of urea groups is 1. The molecule has 0 spiro atoms. The van der Waals surface area contributed by atoms with Crippen LogP contribution in [0.4, 0.5) is 10.5 Å². The minimum atomic E-state index is -0.285. The average molecular weight is 391 g/mol. The number of nitrogens with zero attached hydrogens (tertiary/aromatic N) is 1. The molecule has 3 rings (SSSR count). The molecule has 2 aromatic carbocycles. The molecule has 150 valence electrons. The van der Waals surface area contributed by atoms with Crippen molar-refractivity contribution in [3.63, 3.8) is 0 Å². The molecule has 6 heteroatoms. The maximum Gasteiger partial charge on any atom is 0.319 e. The number of anilines is 1. The Morgan fingerprint density at radius 1 is 1.03 bits per heavy atom. The van der Waals surface area contributed by atoms with E-state index < -0.39 is 0 Å². The predicted molar refractivity (Wildman–Crippen MR) is 113 cm³/mol. The summed E-state index contributed by atoms with van der Waals surface area (Å²) < 4.78 is 11.3. The molecule has 0 fully saturated rings. The van der Waals surface area contributed by atoms with Crippen molar-refractivity contribution in [3.05, 3.63) is 83.7 Å². The highest BCUT2D eigenvalue weighted by Crippen LogP contribution is 2.25. The Kier molecular flexibility index (Phi) is 7.05. The van der Waals surface area contributed by atoms with E-state index in [1.807, 2.05) is 68.4 Å². The summed E-state index contributed by atoms with van der Waals surface area (Å²) in [7, 11) is 0. The van der Waals surface area contributed by atoms with Crippen LogP contribution in [0.1, 0.15) is 23.6 Å². The van der Waals surface area contributed by atoms with Crippen LogP contribution in [0.2, 0.25) is 0 Å². The summed E-state index contributed by atoms with van der Waals surface area (Å²) in [5.41, 5.74) is 3.71. The van der Waals surface area contributed by atoms with Gasteiger partial charge in [-0.3, -0.25) is 4.98 Å². The zero-order chi connectivity index (χ0) is 20.5. The Bertz CT molecular complexity index is 928. The Balaban J connectivity index is 1.49. The third-order valence-corrected chi connectivity index (χ3v) is 4.19. The molecule has 0 atom stereocenters. The second-order valence-corrected chi connectivity index (χ2v) is 6.53. The van der Waals surface area contributed by atoms with Gasteiger partial charge in [-0.1, -0.05) is 24.3 Å². The minimum absolute atomic E-state index is 0.285. The lowest BCUT2D eigenvalue weighted by Crippen LogP contribution is -2.28. The fourth-order valence-electron chi connectivity index (χ4n) is 2.71. The standard InChI is InChI=1S/C23H25N3O3/c1-3-28-22-13-17(2)6-11-21(22)26-23(27)25-15-18-7-9-20(10-8-18)29-16-19-5-4-12-24-14-19/h4-14H,3,15-16H2,1-2H3,(H2,25,26,27). The van der Waals surface area contributed by atoms with Crippen molar-refractivity contribution >= 4 is 11.7 Å². The maximum atomic E-state index is 12.2. The third-order valence-electron chi connectivity index (χ3n) is 4.19. The van der Waals surface area contributed by atoms with Gasteiger partial charge >= 0.3 is 6.03 Å². The van der Waals surface area contributed by atoms with Gasteiger partial charge in [0.15, 0.2) is 0 Å². The van der Waals surface area contributed by atoms with Gasteiger partial charge in [0.25, 0.3) is 0 Å². The van der Waals surface area contributed by atoms with Crippen LogP contribution in [0.25, 0.3) is 0 Å². The molecule has 0 aliphatic carbocycles. The normalized spacial score (nSPS) is 10.3. The van der Waals surface area contributed by atoms with Crippen molar-refractivity contribution in [2.75, 3.05) is 11.9 Å². The van der Waals surface area contributed by atoms with E-state index in [4.69, 9.17) is 9.47 Å². The van der Waals surface area contributed by atoms with Crippen LogP contribution >= 0.6 is 0 Å². The van der Waals surface area contributed by atoms with Gasteiger partial charge in [-0.15, -0.1) is 0 Å². The molecular formula is C23H25N3O3. The van der Waals surface area contributed by atoms with Crippen LogP contribution in [-0.2, 0) is 13.2 Å². The lowest BCUT2D eigenvalue weighted by atomic mass is 10.2. The quantitative estimate of drug-likeness (QED) is 0.584. The van der Waals surface area contributed by atoms with Crippen molar-refractivity contribution in [1.82, 2.24) is 10.3 Å². The van der Waals surface area contributed by atoms with E-state index in [2.05, 4.69) is 15.6 Å². The van der Waals surface area contributed by atoms with Gasteiger partial charge in [-0.2, -0.15) is 0 Å². The Hall–Kier alpha value is -3.54. The smallest absolute Gasteiger partial charge is 0.319 e. The molecule has 2 N–H and O–H groups in total. The fourth-order valence-corrected chi connectivity index (χ4v) is 2.71. The first-order valence-electron chi connectivity index (χ1n) is 9.53. The van der Waals surface area contributed by atoms with Crippen molar-refractivity contribution in [3.8, 4) is 11.5 Å². The zero-order valence-corrected chi connectivity index (χ0v) is 16.6. The van der Waals surface area contributed by atoms with Gasteiger partial charge in [0.05, 0.1) is 12.3 Å². The largest absolute Gasteiger partial charge is 0.492 e. The number of carbonyl (C=O) groups excluding carboxylic acids is 1. The maximum absolute atomic E-state index is 12.2. The number of aryl methyl sites for hydroxylation is 1. The van der Waals surface area contributed by atoms with Crippen LogP contribution in [0.3, 0.4) is 0 Å². The molecule has 29 heavy (non-hydrogen) atoms. The minimum Gasteiger partial charge on any atom is -0.492 e. The predicted octanol–water partition coefficient (Wildman–Crippen LogP) is 4.69. The topological polar surface area (TPSA) is 72.5 Å². The number of amides is 2. The Morgan fingerprint density at radius 3 is 2.59 bits per heavy atom. The van der Waals surface area contributed by atoms with Crippen molar-refractivity contribution in [1.29, 1.82) is 0 Å². The molecule has 0 bridgehead atoms. The summed E-state index contributed by atoms with van der Waals surface area (Å²) in [6.45, 7) is 5.30. The fraction of sp³-hybridized carbons (Fsp3) is 0.217. The van der Waals surface area contributed by atoms with Gasteiger partial charge in [0.1, 0.15) is 18.1 Å². The Labute approximate surface area is 170 Å². The summed E-state index contributed by atoms with van der Waals surface area (Å²) in [4.78, 5) is 16.3. The monoisotopic (exact) mass is 391 g/mol. The van der Waals surface area contributed by atoms with E-state index in [1.165, 1.54) is 0 Å². The van der Waals surface area contributed by atoms with Crippen LogP contribution in [0.15, 0.2) is 67.0 Å². The van der Waals surface area contributed by atoms with Gasteiger partial charge < -0.3 is 20.1 Å². The highest BCUT2D eigenvalue weighted by molar-refractivity contribution is 5.90. The van der Waals surface area contributed by atoms with Gasteiger partial charge in [0, 0.05) is 24.5 Å². The summed E-state index contributed by atoms with van der Waals surface area (Å²) in [6.07, 6.45) is 3.51. The van der Waals surface area contributed by atoms with E-state index in [0.29, 0.717) is 31.2 Å². The summed E-state index contributed by atoms with van der Waals surface area (Å²) in [5.74, 6) is 1.43. The first kappa shape index (κ1) is 20.2. The SMILES string of the molecule is CCOc1cc(C)ccc1NC(=O)NCc1ccc(OCc2cccnc2)cc1. The number of nitrogens with one attached hydrogen (secondary N) is 2. The number of ether oxygens (including phenoxy) is 2. The molecule has 0 aliphatic rings. The van der Waals surface area contributed by atoms with Gasteiger partial charge in [0.2, 0.25) is 0 Å². The molecule has 2 amide bonds. The number of pyridine rings is 1. The number of hydrogen-bond donors (Lipinski definition) is 2. The summed E-state index contributed by atoms with van der Waals surface area (Å²) in [6, 6.07) is 16.9. The van der Waals surface area contributed by atoms with Crippen molar-refractivity contribution in [2.45, 2.75) is 27.0 Å². The average Bonchev–Trinajstić information content (AvgIpc) is 2.74. The number of hydrogen-bond acceptors (Lipinski definition) is 4. The summed E-state index contributed by atoms with van der Waals surface area (Å²) in [5, 5.41) is 5.69. The molecule has 0 aliphatic heterocycles. The molecule has 0 saturated carbocycles. The number of rotatable bonds is 8. The molecule has 0 radical (unpaired) electrons. The van der Waals surface area contributed by atoms with E-state index in [-0.39, 0.29) is 6.03 Å². The van der Waals surface area contributed by atoms with E-state index in [1.54, 1.807) is 12.4 Å². The van der Waals surface area contributed by atoms with Crippen molar-refractivity contribution in [2.24, 2.45) is 0 Å². The second-order valence-electron chi connectivity index (χ2n) is 6.53. The molecular weight excluding hydrogens is 366 g/mol. The highest BCUT2D eigenvalue weighted by Gasteiger charge is 2.08. The number of aromatic nitrogens is 1. The van der Waals surface area contributed by atoms with Crippen LogP contribution in [-0.4, -0.2) is 17.6 Å². The molecule has 1 aromatic heterocycles. The first-order chi connectivity index (χ1) is 14.1. The molecule has 0 saturated heterocycles. The zero-order valence-electron chi connectivity index (χ0n) is 16.6. The van der Waals surface area contributed by atoms with Crippen molar-refractivity contribution < 1.29 is 14.3 Å². The third kappa shape index (κ3) is 6.24. The van der Waals surface area contributed by atoms with Crippen LogP contribution in [0, 0.1) is 6.92 Å². The number of benzene rings is 2. The second kappa shape index (κ2) is 10.1. The van der Waals surface area contributed by atoms with E-state index in [0.717, 1.165) is 22.4 Å². The highest BCUT2D eigenvalue weighted by atomic mass is 16.5. The van der Waals surface area contributed by atoms with Crippen LogP contribution in [0.5, 0.6) is 11.5 Å².